The van der Waals surface area contributed by atoms with Gasteiger partial charge in [0, 0.05) is 19.2 Å². The van der Waals surface area contributed by atoms with Crippen LogP contribution in [0.4, 0.5) is 11.4 Å². The molecule has 0 amide bonds. The molecule has 1 aromatic carbocycles. The van der Waals surface area contributed by atoms with Crippen molar-refractivity contribution in [2.75, 3.05) is 18.5 Å². The molecular formula is C13H20N2O3. The lowest BCUT2D eigenvalue weighted by atomic mass is 10.2. The van der Waals surface area contributed by atoms with Crippen LogP contribution in [0, 0.1) is 17.0 Å². The number of aryl methyl sites for hydroxylation is 1. The normalized spacial score (nSPS) is 10.7. The Labute approximate surface area is 107 Å². The molecule has 1 N–H and O–H groups in total. The van der Waals surface area contributed by atoms with E-state index in [0.717, 1.165) is 12.0 Å². The molecule has 0 aliphatic rings. The maximum Gasteiger partial charge on any atom is 0.292 e. The zero-order valence-corrected chi connectivity index (χ0v) is 11.1. The Morgan fingerprint density at radius 2 is 2.17 bits per heavy atom. The Bertz CT molecular complexity index is 405. The number of nitrogens with one attached hydrogen (secondary N) is 1. The fraction of sp³-hybridized carbons (Fsp3) is 0.538. The van der Waals surface area contributed by atoms with Gasteiger partial charge in [0.2, 0.25) is 0 Å². The van der Waals surface area contributed by atoms with Gasteiger partial charge in [-0.2, -0.15) is 0 Å². The number of nitrogens with zero attached hydrogens (tertiary/aromatic N) is 1. The van der Waals surface area contributed by atoms with Gasteiger partial charge in [0.25, 0.3) is 5.69 Å². The van der Waals surface area contributed by atoms with Crippen molar-refractivity contribution < 1.29 is 9.66 Å². The summed E-state index contributed by atoms with van der Waals surface area (Å²) in [6.07, 6.45) is 1.04. The average molecular weight is 252 g/mol. The lowest BCUT2D eigenvalue weighted by Crippen LogP contribution is -2.10. The number of nitro groups is 1. The summed E-state index contributed by atoms with van der Waals surface area (Å²) in [6, 6.07) is 5.18. The molecule has 0 saturated carbocycles. The first-order valence-electron chi connectivity index (χ1n) is 6.11. The topological polar surface area (TPSA) is 64.4 Å². The monoisotopic (exact) mass is 252 g/mol. The van der Waals surface area contributed by atoms with E-state index in [-0.39, 0.29) is 16.7 Å². The third kappa shape index (κ3) is 4.71. The van der Waals surface area contributed by atoms with E-state index in [1.165, 1.54) is 0 Å². The van der Waals surface area contributed by atoms with Gasteiger partial charge >= 0.3 is 0 Å². The van der Waals surface area contributed by atoms with Crippen molar-refractivity contribution in [1.82, 2.24) is 0 Å². The van der Waals surface area contributed by atoms with E-state index in [2.05, 4.69) is 5.32 Å². The van der Waals surface area contributed by atoms with E-state index in [1.807, 2.05) is 26.8 Å². The van der Waals surface area contributed by atoms with Crippen LogP contribution in [0.3, 0.4) is 0 Å². The van der Waals surface area contributed by atoms with Gasteiger partial charge in [-0.25, -0.2) is 0 Å². The van der Waals surface area contributed by atoms with Gasteiger partial charge in [-0.15, -0.1) is 0 Å². The van der Waals surface area contributed by atoms with Crippen molar-refractivity contribution in [2.24, 2.45) is 0 Å². The highest BCUT2D eigenvalue weighted by Crippen LogP contribution is 2.25. The van der Waals surface area contributed by atoms with Crippen LogP contribution < -0.4 is 5.32 Å². The molecule has 18 heavy (non-hydrogen) atoms. The van der Waals surface area contributed by atoms with Gasteiger partial charge in [0.05, 0.1) is 11.0 Å². The summed E-state index contributed by atoms with van der Waals surface area (Å²) in [4.78, 5) is 10.5. The van der Waals surface area contributed by atoms with E-state index in [0.29, 0.717) is 18.8 Å². The van der Waals surface area contributed by atoms with Gasteiger partial charge in [-0.3, -0.25) is 10.1 Å². The molecule has 5 nitrogen and oxygen atoms in total. The predicted octanol–water partition coefficient (Wildman–Crippen LogP) is 3.13. The first-order valence-corrected chi connectivity index (χ1v) is 6.11. The van der Waals surface area contributed by atoms with Gasteiger partial charge in [-0.1, -0.05) is 6.07 Å². The molecule has 0 aliphatic carbocycles. The van der Waals surface area contributed by atoms with Crippen molar-refractivity contribution >= 4 is 11.4 Å². The van der Waals surface area contributed by atoms with Crippen molar-refractivity contribution in [2.45, 2.75) is 33.3 Å². The van der Waals surface area contributed by atoms with Crippen LogP contribution in [0.25, 0.3) is 0 Å². The molecular weight excluding hydrogens is 232 g/mol. The van der Waals surface area contributed by atoms with Crippen molar-refractivity contribution in [3.8, 4) is 0 Å². The Kier molecular flexibility index (Phi) is 5.58. The zero-order chi connectivity index (χ0) is 13.5. The number of ether oxygens (including phenoxy) is 1. The third-order valence-electron chi connectivity index (χ3n) is 2.44. The molecule has 0 bridgehead atoms. The first kappa shape index (κ1) is 14.4. The second-order valence-corrected chi connectivity index (χ2v) is 4.48. The predicted molar refractivity (Wildman–Crippen MR) is 72.0 cm³/mol. The summed E-state index contributed by atoms with van der Waals surface area (Å²) in [7, 11) is 0. The molecule has 0 aliphatic heterocycles. The molecule has 0 aromatic heterocycles. The Morgan fingerprint density at radius 3 is 2.78 bits per heavy atom. The zero-order valence-electron chi connectivity index (χ0n) is 11.1. The van der Waals surface area contributed by atoms with Crippen LogP contribution in [0.5, 0.6) is 0 Å². The number of anilines is 1. The summed E-state index contributed by atoms with van der Waals surface area (Å²) in [6.45, 7) is 7.13. The fourth-order valence-electron chi connectivity index (χ4n) is 1.56. The molecule has 0 radical (unpaired) electrons. The van der Waals surface area contributed by atoms with Crippen LogP contribution in [0.15, 0.2) is 18.2 Å². The summed E-state index contributed by atoms with van der Waals surface area (Å²) in [5.41, 5.74) is 1.57. The van der Waals surface area contributed by atoms with Gasteiger partial charge in [0.1, 0.15) is 5.69 Å². The Hall–Kier alpha value is -1.62. The minimum Gasteiger partial charge on any atom is -0.379 e. The Balaban J connectivity index is 2.49. The average Bonchev–Trinajstić information content (AvgIpc) is 2.29. The molecule has 1 rings (SSSR count). The quantitative estimate of drug-likeness (QED) is 0.460. The minimum absolute atomic E-state index is 0.125. The minimum atomic E-state index is -0.361. The van der Waals surface area contributed by atoms with E-state index >= 15 is 0 Å². The molecule has 0 spiro atoms. The SMILES string of the molecule is Cc1ccc(NCCCOC(C)C)c([N+](=O)[O-])c1. The van der Waals surface area contributed by atoms with Gasteiger partial charge < -0.3 is 10.1 Å². The van der Waals surface area contributed by atoms with Crippen LogP contribution in [-0.4, -0.2) is 24.2 Å². The molecule has 0 atom stereocenters. The highest BCUT2D eigenvalue weighted by atomic mass is 16.6. The number of hydrogen-bond acceptors (Lipinski definition) is 4. The fourth-order valence-corrected chi connectivity index (χ4v) is 1.56. The highest BCUT2D eigenvalue weighted by Gasteiger charge is 2.12. The second kappa shape index (κ2) is 6.96. The standard InChI is InChI=1S/C13H20N2O3/c1-10(2)18-8-4-7-14-12-6-5-11(3)9-13(12)15(16)17/h5-6,9-10,14H,4,7-8H2,1-3H3. The molecule has 100 valence electrons. The molecule has 0 heterocycles. The molecule has 5 heteroatoms. The second-order valence-electron chi connectivity index (χ2n) is 4.48. The van der Waals surface area contributed by atoms with E-state index in [1.54, 1.807) is 12.1 Å². The van der Waals surface area contributed by atoms with Gasteiger partial charge in [0.15, 0.2) is 0 Å². The molecule has 0 unspecified atom stereocenters. The van der Waals surface area contributed by atoms with E-state index in [4.69, 9.17) is 4.74 Å². The van der Waals surface area contributed by atoms with Gasteiger partial charge in [-0.05, 0) is 38.8 Å². The molecule has 1 aromatic rings. The highest BCUT2D eigenvalue weighted by molar-refractivity contribution is 5.62. The maximum absolute atomic E-state index is 10.9. The Morgan fingerprint density at radius 1 is 1.44 bits per heavy atom. The maximum atomic E-state index is 10.9. The number of benzene rings is 1. The van der Waals surface area contributed by atoms with Crippen LogP contribution in [0.1, 0.15) is 25.8 Å². The largest absolute Gasteiger partial charge is 0.379 e. The first-order chi connectivity index (χ1) is 8.50. The smallest absolute Gasteiger partial charge is 0.292 e. The number of rotatable bonds is 7. The van der Waals surface area contributed by atoms with E-state index < -0.39 is 0 Å². The number of hydrogen-bond donors (Lipinski definition) is 1. The summed E-state index contributed by atoms with van der Waals surface area (Å²) < 4.78 is 5.40. The molecule has 0 fully saturated rings. The summed E-state index contributed by atoms with van der Waals surface area (Å²) in [5.74, 6) is 0. The van der Waals surface area contributed by atoms with Crippen LogP contribution in [0.2, 0.25) is 0 Å². The van der Waals surface area contributed by atoms with Crippen LogP contribution >= 0.6 is 0 Å². The summed E-state index contributed by atoms with van der Waals surface area (Å²) >= 11 is 0. The molecule has 0 saturated heterocycles. The van der Waals surface area contributed by atoms with Crippen LogP contribution in [-0.2, 0) is 4.74 Å². The summed E-state index contributed by atoms with van der Waals surface area (Å²) in [5, 5.41) is 14.0. The van der Waals surface area contributed by atoms with E-state index in [9.17, 15) is 10.1 Å². The van der Waals surface area contributed by atoms with Crippen molar-refractivity contribution in [1.29, 1.82) is 0 Å². The lowest BCUT2D eigenvalue weighted by molar-refractivity contribution is -0.384. The van der Waals surface area contributed by atoms with Crippen molar-refractivity contribution in [3.05, 3.63) is 33.9 Å². The number of nitro benzene ring substituents is 1. The third-order valence-corrected chi connectivity index (χ3v) is 2.44. The lowest BCUT2D eigenvalue weighted by Gasteiger charge is -2.09. The van der Waals surface area contributed by atoms with Crippen molar-refractivity contribution in [3.63, 3.8) is 0 Å².